The normalized spacial score (nSPS) is 17.6. The van der Waals surface area contributed by atoms with E-state index in [4.69, 9.17) is 30.9 Å². The van der Waals surface area contributed by atoms with Crippen LogP contribution < -0.4 is 20.9 Å². The Hall–Kier alpha value is -4.12. The molecule has 0 bridgehead atoms. The zero-order valence-corrected chi connectivity index (χ0v) is 22.2. The third-order valence-electron chi connectivity index (χ3n) is 7.58. The Bertz CT molecular complexity index is 1590. The number of pyridine rings is 2. The van der Waals surface area contributed by atoms with Crippen molar-refractivity contribution in [3.63, 3.8) is 0 Å². The van der Waals surface area contributed by atoms with Crippen LogP contribution in [0.15, 0.2) is 30.3 Å². The first-order valence-electron chi connectivity index (χ1n) is 13.4. The summed E-state index contributed by atoms with van der Waals surface area (Å²) in [5.41, 5.74) is 15.9. The number of primary amides is 1. The maximum absolute atomic E-state index is 13.4. The number of carbonyl (C=O) groups excluding carboxylic acids is 2. The Morgan fingerprint density at radius 3 is 2.67 bits per heavy atom. The van der Waals surface area contributed by atoms with Crippen LogP contribution in [0.5, 0.6) is 11.8 Å². The van der Waals surface area contributed by atoms with E-state index in [-0.39, 0.29) is 18.6 Å². The maximum atomic E-state index is 13.4. The summed E-state index contributed by atoms with van der Waals surface area (Å²) in [7, 11) is 1.60. The van der Waals surface area contributed by atoms with Crippen LogP contribution in [0.1, 0.15) is 41.7 Å². The second kappa shape index (κ2) is 9.88. The van der Waals surface area contributed by atoms with E-state index in [1.807, 2.05) is 28.4 Å². The minimum absolute atomic E-state index is 0.00250. The predicted octanol–water partition coefficient (Wildman–Crippen LogP) is 2.51. The second-order valence-corrected chi connectivity index (χ2v) is 10.6. The number of ether oxygens (including phenoxy) is 2. The van der Waals surface area contributed by atoms with Crippen molar-refractivity contribution in [2.24, 2.45) is 17.4 Å². The van der Waals surface area contributed by atoms with Crippen molar-refractivity contribution in [1.82, 2.24) is 23.8 Å². The fourth-order valence-electron chi connectivity index (χ4n) is 5.44. The molecule has 6 rings (SSSR count). The molecule has 11 nitrogen and oxygen atoms in total. The summed E-state index contributed by atoms with van der Waals surface area (Å²) >= 11 is 0. The van der Waals surface area contributed by atoms with Crippen LogP contribution in [0.2, 0.25) is 0 Å². The first kappa shape index (κ1) is 25.2. The summed E-state index contributed by atoms with van der Waals surface area (Å²) in [5, 5.41) is 0.942. The van der Waals surface area contributed by atoms with E-state index in [1.54, 1.807) is 19.2 Å². The zero-order valence-electron chi connectivity index (χ0n) is 22.2. The number of aryl methyl sites for hydroxylation is 1. The smallest absolute Gasteiger partial charge is 0.255 e. The average molecular weight is 532 g/mol. The molecule has 4 aromatic rings. The highest BCUT2D eigenvalue weighted by molar-refractivity contribution is 5.96. The lowest BCUT2D eigenvalue weighted by atomic mass is 10.1. The van der Waals surface area contributed by atoms with Gasteiger partial charge in [0.15, 0.2) is 12.5 Å². The molecule has 1 atom stereocenters. The average Bonchev–Trinajstić information content (AvgIpc) is 3.60. The summed E-state index contributed by atoms with van der Waals surface area (Å²) in [6, 6.07) is 9.33. The molecular formula is C28H33N7O4. The quantitative estimate of drug-likeness (QED) is 0.356. The zero-order chi connectivity index (χ0) is 27.3. The van der Waals surface area contributed by atoms with Gasteiger partial charge in [-0.15, -0.1) is 0 Å². The summed E-state index contributed by atoms with van der Waals surface area (Å²) in [6.45, 7) is 3.80. The summed E-state index contributed by atoms with van der Waals surface area (Å²) in [5.74, 6) is 0.837. The Labute approximate surface area is 225 Å². The van der Waals surface area contributed by atoms with Crippen molar-refractivity contribution in [3.8, 4) is 23.1 Å². The number of rotatable bonds is 8. The Kier molecular flexibility index (Phi) is 6.38. The molecule has 0 spiro atoms. The van der Waals surface area contributed by atoms with Crippen LogP contribution in [0.4, 0.5) is 0 Å². The van der Waals surface area contributed by atoms with Crippen LogP contribution in [-0.4, -0.2) is 68.5 Å². The van der Waals surface area contributed by atoms with E-state index < -0.39 is 5.91 Å². The van der Waals surface area contributed by atoms with Crippen molar-refractivity contribution < 1.29 is 19.1 Å². The number of amides is 2. The molecule has 39 heavy (non-hydrogen) atoms. The van der Waals surface area contributed by atoms with Crippen molar-refractivity contribution in [2.45, 2.75) is 45.2 Å². The molecular weight excluding hydrogens is 498 g/mol. The van der Waals surface area contributed by atoms with Gasteiger partial charge in [-0.05, 0) is 56.7 Å². The number of fused-ring (bicyclic) bond motifs is 2. The van der Waals surface area contributed by atoms with Gasteiger partial charge in [-0.25, -0.2) is 4.98 Å². The van der Waals surface area contributed by atoms with Crippen molar-refractivity contribution in [1.29, 1.82) is 0 Å². The predicted molar refractivity (Wildman–Crippen MR) is 146 cm³/mol. The SMILES string of the molecule is COc1cc(C(=O)N2CCC[C@@H](N)C2)cc2nc(-c3cc4ccc(OCC(N)=O)nc4n3CC3CC3)c(C)n12. The molecule has 2 fully saturated rings. The molecule has 1 saturated carbocycles. The van der Waals surface area contributed by atoms with E-state index in [1.165, 1.54) is 12.8 Å². The van der Waals surface area contributed by atoms with Gasteiger partial charge >= 0.3 is 0 Å². The number of nitrogens with zero attached hydrogens (tertiary/aromatic N) is 5. The standard InChI is InChI=1S/C28H33N7O4/c1-16-26(21-10-18-7-8-24(39-15-22(30)36)32-27(18)34(21)13-17-5-6-17)31-23-11-19(12-25(38-2)35(16)23)28(37)33-9-3-4-20(29)14-33/h7-8,10-12,17,20H,3-6,9,13-15,29H2,1-2H3,(H2,30,36)/t20-/m1/s1. The fraction of sp³-hybridized carbons (Fsp3) is 0.429. The second-order valence-electron chi connectivity index (χ2n) is 10.6. The lowest BCUT2D eigenvalue weighted by molar-refractivity contribution is -0.120. The third-order valence-corrected chi connectivity index (χ3v) is 7.58. The van der Waals surface area contributed by atoms with Crippen LogP contribution in [-0.2, 0) is 11.3 Å². The summed E-state index contributed by atoms with van der Waals surface area (Å²) in [6.07, 6.45) is 4.16. The first-order chi connectivity index (χ1) is 18.8. The molecule has 11 heteroatoms. The van der Waals surface area contributed by atoms with Gasteiger partial charge in [-0.2, -0.15) is 4.98 Å². The number of nitrogens with two attached hydrogens (primary N) is 2. The highest BCUT2D eigenvalue weighted by Gasteiger charge is 2.28. The van der Waals surface area contributed by atoms with E-state index in [0.29, 0.717) is 42.0 Å². The number of hydrogen-bond donors (Lipinski definition) is 2. The Morgan fingerprint density at radius 2 is 1.95 bits per heavy atom. The number of methoxy groups -OCH3 is 1. The van der Waals surface area contributed by atoms with Crippen LogP contribution in [0.3, 0.4) is 0 Å². The van der Waals surface area contributed by atoms with Gasteiger partial charge in [-0.1, -0.05) is 0 Å². The molecule has 0 unspecified atom stereocenters. The highest BCUT2D eigenvalue weighted by atomic mass is 16.5. The number of piperidine rings is 1. The number of imidazole rings is 1. The lowest BCUT2D eigenvalue weighted by Gasteiger charge is -2.30. The topological polar surface area (TPSA) is 143 Å². The third kappa shape index (κ3) is 4.78. The minimum Gasteiger partial charge on any atom is -0.482 e. The molecule has 204 valence electrons. The van der Waals surface area contributed by atoms with Gasteiger partial charge in [0.05, 0.1) is 18.5 Å². The number of likely N-dealkylation sites (tertiary alicyclic amines) is 1. The van der Waals surface area contributed by atoms with Crippen LogP contribution in [0.25, 0.3) is 28.1 Å². The fourth-order valence-corrected chi connectivity index (χ4v) is 5.44. The van der Waals surface area contributed by atoms with E-state index >= 15 is 0 Å². The molecule has 2 amide bonds. The maximum Gasteiger partial charge on any atom is 0.255 e. The molecule has 0 aromatic carbocycles. The highest BCUT2D eigenvalue weighted by Crippen LogP contribution is 2.37. The first-order valence-corrected chi connectivity index (χ1v) is 13.4. The Morgan fingerprint density at radius 1 is 1.13 bits per heavy atom. The molecule has 1 aliphatic heterocycles. The molecule has 4 N–H and O–H groups in total. The van der Waals surface area contributed by atoms with Gasteiger partial charge in [0.1, 0.15) is 17.0 Å². The monoisotopic (exact) mass is 531 g/mol. The molecule has 1 saturated heterocycles. The molecule has 2 aliphatic rings. The molecule has 5 heterocycles. The summed E-state index contributed by atoms with van der Waals surface area (Å²) in [4.78, 5) is 36.1. The molecule has 4 aromatic heterocycles. The van der Waals surface area contributed by atoms with Crippen LogP contribution in [0, 0.1) is 12.8 Å². The van der Waals surface area contributed by atoms with Crippen molar-refractivity contribution in [3.05, 3.63) is 41.6 Å². The van der Waals surface area contributed by atoms with Gasteiger partial charge in [-0.3, -0.25) is 14.0 Å². The minimum atomic E-state index is -0.554. The van der Waals surface area contributed by atoms with E-state index in [0.717, 1.165) is 47.5 Å². The Balaban J connectivity index is 1.44. The number of hydrogen-bond acceptors (Lipinski definition) is 7. The number of aromatic nitrogens is 4. The van der Waals surface area contributed by atoms with Crippen molar-refractivity contribution >= 4 is 28.5 Å². The molecule has 0 radical (unpaired) electrons. The molecule has 1 aliphatic carbocycles. The van der Waals surface area contributed by atoms with Crippen LogP contribution >= 0.6 is 0 Å². The van der Waals surface area contributed by atoms with Gasteiger partial charge in [0.2, 0.25) is 5.88 Å². The van der Waals surface area contributed by atoms with E-state index in [2.05, 4.69) is 10.6 Å². The van der Waals surface area contributed by atoms with Gasteiger partial charge in [0, 0.05) is 48.8 Å². The van der Waals surface area contributed by atoms with Gasteiger partial charge < -0.3 is 30.4 Å². The number of carbonyl (C=O) groups is 2. The van der Waals surface area contributed by atoms with Gasteiger partial charge in [0.25, 0.3) is 11.8 Å². The van der Waals surface area contributed by atoms with Crippen molar-refractivity contribution in [2.75, 3.05) is 26.8 Å². The largest absolute Gasteiger partial charge is 0.482 e. The van der Waals surface area contributed by atoms with E-state index in [9.17, 15) is 9.59 Å². The lowest BCUT2D eigenvalue weighted by Crippen LogP contribution is -2.45. The summed E-state index contributed by atoms with van der Waals surface area (Å²) < 4.78 is 15.3.